The fourth-order valence-electron chi connectivity index (χ4n) is 8.03. The predicted molar refractivity (Wildman–Crippen MR) is 122 cm³/mol. The lowest BCUT2D eigenvalue weighted by Crippen LogP contribution is -2.47. The zero-order valence-corrected chi connectivity index (χ0v) is 19.0. The van der Waals surface area contributed by atoms with E-state index in [0.717, 1.165) is 67.4 Å². The third-order valence-corrected chi connectivity index (χ3v) is 9.54. The molecule has 7 aliphatic rings. The minimum Gasteiger partial charge on any atom is -0.493 e. The van der Waals surface area contributed by atoms with Gasteiger partial charge in [-0.2, -0.15) is 0 Å². The number of allylic oxidation sites excluding steroid dienone is 3. The van der Waals surface area contributed by atoms with Gasteiger partial charge in [0.05, 0.1) is 12.5 Å². The molecule has 4 heteroatoms. The predicted octanol–water partition coefficient (Wildman–Crippen LogP) is 4.92. The number of carbonyl (C=O) groups excluding carboxylic acids is 1. The fourth-order valence-corrected chi connectivity index (χ4v) is 8.03. The van der Waals surface area contributed by atoms with E-state index in [1.807, 2.05) is 0 Å². The molecule has 6 aliphatic carbocycles. The van der Waals surface area contributed by atoms with Gasteiger partial charge in [-0.25, -0.2) is 0 Å². The van der Waals surface area contributed by atoms with Crippen LogP contribution in [0.5, 0.6) is 11.5 Å². The Kier molecular flexibility index (Phi) is 4.14. The maximum absolute atomic E-state index is 13.7. The highest BCUT2D eigenvalue weighted by Crippen LogP contribution is 2.64. The molecule has 4 nitrogen and oxygen atoms in total. The number of nitrogens with zero attached hydrogens (tertiary/aromatic N) is 1. The van der Waals surface area contributed by atoms with Crippen LogP contribution in [0, 0.1) is 35.0 Å². The van der Waals surface area contributed by atoms with E-state index in [-0.39, 0.29) is 5.41 Å². The van der Waals surface area contributed by atoms with Gasteiger partial charge in [-0.15, -0.1) is 0 Å². The second-order valence-corrected chi connectivity index (χ2v) is 11.4. The van der Waals surface area contributed by atoms with Crippen LogP contribution in [-0.2, 0) is 17.8 Å². The van der Waals surface area contributed by atoms with Gasteiger partial charge in [-0.1, -0.05) is 18.2 Å². The summed E-state index contributed by atoms with van der Waals surface area (Å²) in [5.74, 6) is 5.95. The normalized spacial score (nSPS) is 37.7. The summed E-state index contributed by atoms with van der Waals surface area (Å²) in [6.45, 7) is 2.18. The number of ether oxygens (including phenoxy) is 2. The number of hydrogen-bond donors (Lipinski definition) is 0. The van der Waals surface area contributed by atoms with Crippen LogP contribution in [0.15, 0.2) is 35.9 Å². The monoisotopic (exact) mass is 431 g/mol. The molecule has 0 N–H and O–H groups in total. The second-order valence-electron chi connectivity index (χ2n) is 11.4. The molecule has 0 spiro atoms. The van der Waals surface area contributed by atoms with Crippen molar-refractivity contribution in [1.29, 1.82) is 0 Å². The number of benzene rings is 1. The Morgan fingerprint density at radius 3 is 2.69 bits per heavy atom. The highest BCUT2D eigenvalue weighted by Gasteiger charge is 2.60. The van der Waals surface area contributed by atoms with Gasteiger partial charge in [0.1, 0.15) is 6.61 Å². The molecule has 4 atom stereocenters. The minimum absolute atomic E-state index is 0.0377. The van der Waals surface area contributed by atoms with Gasteiger partial charge in [-0.3, -0.25) is 4.79 Å². The topological polar surface area (TPSA) is 38.8 Å². The number of methoxy groups -OCH3 is 1. The first kappa shape index (κ1) is 19.3. The molecule has 1 aromatic rings. The Labute approximate surface area is 190 Å². The highest BCUT2D eigenvalue weighted by atomic mass is 16.5. The zero-order chi connectivity index (χ0) is 21.4. The maximum atomic E-state index is 13.7. The van der Waals surface area contributed by atoms with Crippen LogP contribution >= 0.6 is 0 Å². The van der Waals surface area contributed by atoms with Crippen LogP contribution in [-0.4, -0.2) is 31.1 Å². The van der Waals surface area contributed by atoms with E-state index in [0.29, 0.717) is 25.0 Å². The van der Waals surface area contributed by atoms with Crippen LogP contribution in [0.4, 0.5) is 0 Å². The van der Waals surface area contributed by atoms with E-state index < -0.39 is 0 Å². The van der Waals surface area contributed by atoms with Gasteiger partial charge in [0.25, 0.3) is 0 Å². The van der Waals surface area contributed by atoms with Crippen molar-refractivity contribution in [2.45, 2.75) is 51.5 Å². The van der Waals surface area contributed by atoms with Crippen molar-refractivity contribution in [1.82, 2.24) is 4.90 Å². The van der Waals surface area contributed by atoms with Crippen LogP contribution in [0.3, 0.4) is 0 Å². The van der Waals surface area contributed by atoms with Crippen LogP contribution in [0.1, 0.15) is 49.7 Å². The molecule has 4 unspecified atom stereocenters. The lowest BCUT2D eigenvalue weighted by molar-refractivity contribution is -0.146. The average molecular weight is 432 g/mol. The number of rotatable bonds is 5. The SMILES string of the molecule is COc1cc2c(cc1OCC1=CC=CC3CC13)CCN(C(=O)C13CC4CC(C1)C(C4)C3)C2. The van der Waals surface area contributed by atoms with Crippen molar-refractivity contribution in [2.24, 2.45) is 35.0 Å². The van der Waals surface area contributed by atoms with Gasteiger partial charge in [0.2, 0.25) is 5.91 Å². The molecular formula is C28H33NO3. The number of carbonyl (C=O) groups is 1. The summed E-state index contributed by atoms with van der Waals surface area (Å²) in [5.41, 5.74) is 3.89. The first-order valence-electron chi connectivity index (χ1n) is 12.6. The fraction of sp³-hybridized carbons (Fsp3) is 0.607. The van der Waals surface area contributed by atoms with Gasteiger partial charge in [-0.05, 0) is 103 Å². The first-order valence-corrected chi connectivity index (χ1v) is 12.6. The van der Waals surface area contributed by atoms with Crippen LogP contribution in [0.2, 0.25) is 0 Å². The summed E-state index contributed by atoms with van der Waals surface area (Å²) in [5, 5.41) is 0. The lowest BCUT2D eigenvalue weighted by Gasteiger charge is -2.42. The van der Waals surface area contributed by atoms with E-state index in [2.05, 4.69) is 35.3 Å². The molecule has 0 saturated heterocycles. The van der Waals surface area contributed by atoms with Crippen molar-refractivity contribution in [3.8, 4) is 11.5 Å². The van der Waals surface area contributed by atoms with Crippen molar-refractivity contribution >= 4 is 5.91 Å². The van der Waals surface area contributed by atoms with Gasteiger partial charge in [0.15, 0.2) is 11.5 Å². The standard InChI is InChI=1S/C28H33NO3/c1-31-25-11-23-15-29(27(30)28-12-17-7-21(13-28)22(8-17)14-28)6-5-18(23)10-26(25)32-16-20-4-2-3-19-9-24(19)20/h2-4,10-11,17,19,21-22,24H,5-9,12-16H2,1H3. The Morgan fingerprint density at radius 2 is 1.91 bits per heavy atom. The molecule has 1 heterocycles. The molecule has 5 saturated carbocycles. The molecule has 4 bridgehead atoms. The summed E-state index contributed by atoms with van der Waals surface area (Å²) in [6.07, 6.45) is 15.1. The molecule has 0 aromatic heterocycles. The maximum Gasteiger partial charge on any atom is 0.229 e. The summed E-state index contributed by atoms with van der Waals surface area (Å²) in [7, 11) is 1.71. The summed E-state index contributed by atoms with van der Waals surface area (Å²) < 4.78 is 12.0. The van der Waals surface area contributed by atoms with Crippen molar-refractivity contribution in [2.75, 3.05) is 20.3 Å². The number of amides is 1. The number of fused-ring (bicyclic) bond motifs is 2. The van der Waals surface area contributed by atoms with Crippen molar-refractivity contribution in [3.05, 3.63) is 47.1 Å². The van der Waals surface area contributed by atoms with E-state index in [4.69, 9.17) is 9.47 Å². The molecular weight excluding hydrogens is 398 g/mol. The molecule has 32 heavy (non-hydrogen) atoms. The molecule has 0 radical (unpaired) electrons. The Morgan fingerprint density at radius 1 is 1.09 bits per heavy atom. The third kappa shape index (κ3) is 2.90. The van der Waals surface area contributed by atoms with E-state index in [1.165, 1.54) is 36.0 Å². The Balaban J connectivity index is 1.08. The van der Waals surface area contributed by atoms with Crippen molar-refractivity contribution in [3.63, 3.8) is 0 Å². The quantitative estimate of drug-likeness (QED) is 0.664. The smallest absolute Gasteiger partial charge is 0.229 e. The largest absolute Gasteiger partial charge is 0.493 e. The molecule has 1 amide bonds. The second kappa shape index (κ2) is 6.88. The molecule has 5 fully saturated rings. The van der Waals surface area contributed by atoms with E-state index in [9.17, 15) is 4.79 Å². The Bertz CT molecular complexity index is 1020. The summed E-state index contributed by atoms with van der Waals surface area (Å²) in [4.78, 5) is 15.9. The third-order valence-electron chi connectivity index (χ3n) is 9.54. The lowest BCUT2D eigenvalue weighted by atomic mass is 9.68. The number of hydrogen-bond acceptors (Lipinski definition) is 3. The minimum atomic E-state index is -0.0377. The molecule has 1 aromatic carbocycles. The van der Waals surface area contributed by atoms with Crippen molar-refractivity contribution < 1.29 is 14.3 Å². The molecule has 168 valence electrons. The molecule has 1 aliphatic heterocycles. The average Bonchev–Trinajstić information content (AvgIpc) is 3.50. The zero-order valence-electron chi connectivity index (χ0n) is 19.0. The molecule has 8 rings (SSSR count). The summed E-state index contributed by atoms with van der Waals surface area (Å²) >= 11 is 0. The summed E-state index contributed by atoms with van der Waals surface area (Å²) in [6, 6.07) is 4.28. The van der Waals surface area contributed by atoms with Crippen LogP contribution in [0.25, 0.3) is 0 Å². The van der Waals surface area contributed by atoms with Gasteiger partial charge < -0.3 is 14.4 Å². The van der Waals surface area contributed by atoms with E-state index in [1.54, 1.807) is 7.11 Å². The van der Waals surface area contributed by atoms with Crippen LogP contribution < -0.4 is 9.47 Å². The first-order chi connectivity index (χ1) is 15.6. The van der Waals surface area contributed by atoms with Gasteiger partial charge in [0, 0.05) is 13.1 Å². The van der Waals surface area contributed by atoms with E-state index >= 15 is 0 Å². The Hall–Kier alpha value is -2.23. The highest BCUT2D eigenvalue weighted by molar-refractivity contribution is 5.84. The van der Waals surface area contributed by atoms with Gasteiger partial charge >= 0.3 is 0 Å².